The molecule has 1 fully saturated rings. The monoisotopic (exact) mass is 223 g/mol. The van der Waals surface area contributed by atoms with Crippen molar-refractivity contribution in [3.63, 3.8) is 0 Å². The average molecular weight is 223 g/mol. The number of hydrogen-bond donors (Lipinski definition) is 1. The third-order valence-electron chi connectivity index (χ3n) is 3.02. The van der Waals surface area contributed by atoms with Gasteiger partial charge in [-0.15, -0.1) is 0 Å². The van der Waals surface area contributed by atoms with E-state index in [-0.39, 0.29) is 18.0 Å². The SMILES string of the molecule is CC[C@@H]1CC[C@H](n2cc(C)c(N)nc2=O)O1. The van der Waals surface area contributed by atoms with Gasteiger partial charge in [-0.25, -0.2) is 4.79 Å². The van der Waals surface area contributed by atoms with Crippen LogP contribution in [0.2, 0.25) is 0 Å². The minimum absolute atomic E-state index is 0.177. The van der Waals surface area contributed by atoms with Crippen LogP contribution in [0.15, 0.2) is 11.0 Å². The molecule has 0 saturated carbocycles. The first-order valence-corrected chi connectivity index (χ1v) is 5.62. The molecular weight excluding hydrogens is 206 g/mol. The van der Waals surface area contributed by atoms with Gasteiger partial charge < -0.3 is 10.5 Å². The first-order valence-electron chi connectivity index (χ1n) is 5.62. The van der Waals surface area contributed by atoms with Crippen LogP contribution in [-0.4, -0.2) is 15.7 Å². The number of ether oxygens (including phenoxy) is 1. The van der Waals surface area contributed by atoms with Crippen LogP contribution in [0.25, 0.3) is 0 Å². The number of rotatable bonds is 2. The Labute approximate surface area is 94.2 Å². The summed E-state index contributed by atoms with van der Waals surface area (Å²) in [5, 5.41) is 0. The summed E-state index contributed by atoms with van der Waals surface area (Å²) in [6, 6.07) is 0. The first-order chi connectivity index (χ1) is 7.61. The third kappa shape index (κ3) is 1.95. The molecule has 1 aromatic heterocycles. The van der Waals surface area contributed by atoms with E-state index in [4.69, 9.17) is 10.5 Å². The van der Waals surface area contributed by atoms with Crippen LogP contribution in [0.3, 0.4) is 0 Å². The molecule has 0 spiro atoms. The van der Waals surface area contributed by atoms with E-state index < -0.39 is 0 Å². The molecule has 2 heterocycles. The maximum Gasteiger partial charge on any atom is 0.351 e. The maximum atomic E-state index is 11.7. The highest BCUT2D eigenvalue weighted by atomic mass is 16.5. The minimum Gasteiger partial charge on any atom is -0.383 e. The van der Waals surface area contributed by atoms with Gasteiger partial charge in [-0.05, 0) is 26.2 Å². The molecule has 0 aromatic carbocycles. The van der Waals surface area contributed by atoms with E-state index in [1.807, 2.05) is 6.92 Å². The Balaban J connectivity index is 2.28. The van der Waals surface area contributed by atoms with Gasteiger partial charge in [0.05, 0.1) is 6.10 Å². The molecule has 2 rings (SSSR count). The highest BCUT2D eigenvalue weighted by Gasteiger charge is 2.26. The molecule has 88 valence electrons. The average Bonchev–Trinajstić information content (AvgIpc) is 2.71. The van der Waals surface area contributed by atoms with Gasteiger partial charge in [-0.3, -0.25) is 4.57 Å². The van der Waals surface area contributed by atoms with Crippen LogP contribution >= 0.6 is 0 Å². The Morgan fingerprint density at radius 1 is 1.62 bits per heavy atom. The van der Waals surface area contributed by atoms with Gasteiger partial charge in [-0.1, -0.05) is 6.92 Å². The predicted octanol–water partition coefficient (Wildman–Crippen LogP) is 1.22. The highest BCUT2D eigenvalue weighted by molar-refractivity contribution is 5.35. The van der Waals surface area contributed by atoms with Crippen LogP contribution in [0.5, 0.6) is 0 Å². The fraction of sp³-hybridized carbons (Fsp3) is 0.636. The van der Waals surface area contributed by atoms with Gasteiger partial charge in [-0.2, -0.15) is 4.98 Å². The summed E-state index contributed by atoms with van der Waals surface area (Å²) in [7, 11) is 0. The van der Waals surface area contributed by atoms with Crippen LogP contribution in [0, 0.1) is 6.92 Å². The lowest BCUT2D eigenvalue weighted by Gasteiger charge is -2.15. The van der Waals surface area contributed by atoms with Gasteiger partial charge in [0.15, 0.2) is 0 Å². The van der Waals surface area contributed by atoms with Crippen molar-refractivity contribution in [3.05, 3.63) is 22.2 Å². The third-order valence-corrected chi connectivity index (χ3v) is 3.02. The van der Waals surface area contributed by atoms with Crippen molar-refractivity contribution in [3.8, 4) is 0 Å². The van der Waals surface area contributed by atoms with E-state index in [0.29, 0.717) is 5.82 Å². The largest absolute Gasteiger partial charge is 0.383 e. The maximum absolute atomic E-state index is 11.7. The molecule has 1 aliphatic rings. The summed E-state index contributed by atoms with van der Waals surface area (Å²) >= 11 is 0. The van der Waals surface area contributed by atoms with Gasteiger partial charge in [0, 0.05) is 11.8 Å². The number of aryl methyl sites for hydroxylation is 1. The van der Waals surface area contributed by atoms with Crippen LogP contribution in [-0.2, 0) is 4.74 Å². The normalized spacial score (nSPS) is 24.9. The number of nitrogen functional groups attached to an aromatic ring is 1. The summed E-state index contributed by atoms with van der Waals surface area (Å²) in [5.74, 6) is 0.297. The van der Waals surface area contributed by atoms with E-state index in [0.717, 1.165) is 24.8 Å². The van der Waals surface area contributed by atoms with E-state index in [9.17, 15) is 4.79 Å². The fourth-order valence-corrected chi connectivity index (χ4v) is 1.98. The van der Waals surface area contributed by atoms with E-state index >= 15 is 0 Å². The van der Waals surface area contributed by atoms with Crippen molar-refractivity contribution in [2.45, 2.75) is 45.4 Å². The minimum atomic E-state index is -0.329. The van der Waals surface area contributed by atoms with Crippen LogP contribution in [0.1, 0.15) is 38.0 Å². The van der Waals surface area contributed by atoms with Crippen molar-refractivity contribution >= 4 is 5.82 Å². The molecule has 2 atom stereocenters. The quantitative estimate of drug-likeness (QED) is 0.818. The highest BCUT2D eigenvalue weighted by Crippen LogP contribution is 2.28. The van der Waals surface area contributed by atoms with Crippen molar-refractivity contribution in [2.75, 3.05) is 5.73 Å². The molecule has 0 bridgehead atoms. The van der Waals surface area contributed by atoms with Crippen LogP contribution < -0.4 is 11.4 Å². The Hall–Kier alpha value is -1.36. The molecule has 5 heteroatoms. The summed E-state index contributed by atoms with van der Waals surface area (Å²) in [6.07, 6.45) is 4.65. The Bertz CT molecular complexity index is 441. The molecule has 0 aliphatic carbocycles. The molecule has 16 heavy (non-hydrogen) atoms. The lowest BCUT2D eigenvalue weighted by molar-refractivity contribution is -0.00198. The summed E-state index contributed by atoms with van der Waals surface area (Å²) in [5.41, 5.74) is 6.06. The molecule has 1 saturated heterocycles. The smallest absolute Gasteiger partial charge is 0.351 e. The number of nitrogens with two attached hydrogens (primary N) is 1. The lowest BCUT2D eigenvalue weighted by Crippen LogP contribution is -2.28. The van der Waals surface area contributed by atoms with Crippen molar-refractivity contribution in [1.82, 2.24) is 9.55 Å². The second kappa shape index (κ2) is 4.25. The van der Waals surface area contributed by atoms with E-state index in [1.165, 1.54) is 0 Å². The molecule has 2 N–H and O–H groups in total. The van der Waals surface area contributed by atoms with Crippen LogP contribution in [0.4, 0.5) is 5.82 Å². The standard InChI is InChI=1S/C11H17N3O2/c1-3-8-4-5-9(16-8)14-6-7(2)10(12)13-11(14)15/h6,8-9H,3-5H2,1-2H3,(H2,12,13,15)/t8-,9-/m1/s1. The zero-order valence-corrected chi connectivity index (χ0v) is 9.64. The fourth-order valence-electron chi connectivity index (χ4n) is 1.98. The molecule has 1 aromatic rings. The van der Waals surface area contributed by atoms with Crippen molar-refractivity contribution in [2.24, 2.45) is 0 Å². The Kier molecular flexibility index (Phi) is 2.96. The summed E-state index contributed by atoms with van der Waals surface area (Å²) < 4.78 is 7.30. The lowest BCUT2D eigenvalue weighted by atomic mass is 10.2. The number of aromatic nitrogens is 2. The van der Waals surface area contributed by atoms with E-state index in [2.05, 4.69) is 11.9 Å². The second-order valence-corrected chi connectivity index (χ2v) is 4.20. The van der Waals surface area contributed by atoms with E-state index in [1.54, 1.807) is 10.8 Å². The van der Waals surface area contributed by atoms with Gasteiger partial charge in [0.25, 0.3) is 0 Å². The summed E-state index contributed by atoms with van der Waals surface area (Å²) in [4.78, 5) is 15.4. The van der Waals surface area contributed by atoms with Gasteiger partial charge in [0.1, 0.15) is 12.0 Å². The van der Waals surface area contributed by atoms with Crippen molar-refractivity contribution < 1.29 is 4.74 Å². The molecule has 0 radical (unpaired) electrons. The number of nitrogens with zero attached hydrogens (tertiary/aromatic N) is 2. The number of hydrogen-bond acceptors (Lipinski definition) is 4. The molecule has 5 nitrogen and oxygen atoms in total. The Morgan fingerprint density at radius 2 is 2.38 bits per heavy atom. The predicted molar refractivity (Wildman–Crippen MR) is 61.1 cm³/mol. The molecule has 0 amide bonds. The Morgan fingerprint density at radius 3 is 3.00 bits per heavy atom. The molecule has 1 aliphatic heterocycles. The zero-order chi connectivity index (χ0) is 11.7. The topological polar surface area (TPSA) is 70.1 Å². The second-order valence-electron chi connectivity index (χ2n) is 4.20. The number of anilines is 1. The first kappa shape index (κ1) is 11.1. The van der Waals surface area contributed by atoms with Crippen molar-refractivity contribution in [1.29, 1.82) is 0 Å². The summed E-state index contributed by atoms with van der Waals surface area (Å²) in [6.45, 7) is 3.92. The molecular formula is C11H17N3O2. The van der Waals surface area contributed by atoms with Gasteiger partial charge >= 0.3 is 5.69 Å². The molecule has 0 unspecified atom stereocenters. The zero-order valence-electron chi connectivity index (χ0n) is 9.64. The van der Waals surface area contributed by atoms with Gasteiger partial charge in [0.2, 0.25) is 0 Å².